The van der Waals surface area contributed by atoms with E-state index in [1.165, 1.54) is 0 Å². The van der Waals surface area contributed by atoms with Gasteiger partial charge < -0.3 is 11.1 Å². The van der Waals surface area contributed by atoms with Gasteiger partial charge in [-0.1, -0.05) is 12.1 Å². The average Bonchev–Trinajstić information content (AvgIpc) is 2.27. The van der Waals surface area contributed by atoms with E-state index in [9.17, 15) is 13.2 Å². The number of carbonyl (C=O) groups is 1. The van der Waals surface area contributed by atoms with Gasteiger partial charge in [0.05, 0.1) is 11.3 Å². The molecule has 19 heavy (non-hydrogen) atoms. The summed E-state index contributed by atoms with van der Waals surface area (Å²) in [5.74, 6) is -0.540. The average molecular weight is 285 g/mol. The molecule has 1 rings (SSSR count). The van der Waals surface area contributed by atoms with Crippen molar-refractivity contribution in [3.8, 4) is 0 Å². The fourth-order valence-corrected chi connectivity index (χ4v) is 2.72. The summed E-state index contributed by atoms with van der Waals surface area (Å²) in [6.07, 6.45) is 0. The maximum absolute atomic E-state index is 11.8. The topological polar surface area (TPSA) is 101 Å². The molecule has 0 aliphatic rings. The molecule has 0 saturated carbocycles. The quantitative estimate of drug-likeness (QED) is 0.655. The number of rotatable bonds is 6. The van der Waals surface area contributed by atoms with Crippen LogP contribution in [0.3, 0.4) is 0 Å². The van der Waals surface area contributed by atoms with Gasteiger partial charge >= 0.3 is 0 Å². The lowest BCUT2D eigenvalue weighted by Crippen LogP contribution is -2.37. The Morgan fingerprint density at radius 3 is 2.53 bits per heavy atom. The van der Waals surface area contributed by atoms with Crippen LogP contribution in [0.15, 0.2) is 24.3 Å². The lowest BCUT2D eigenvalue weighted by Gasteiger charge is -2.10. The van der Waals surface area contributed by atoms with Crippen LogP contribution in [0.2, 0.25) is 0 Å². The first-order chi connectivity index (χ1) is 8.82. The third-order valence-electron chi connectivity index (χ3n) is 2.28. The second-order valence-corrected chi connectivity index (χ2v) is 6.31. The Hall–Kier alpha value is -1.60. The molecule has 1 aromatic rings. The van der Waals surface area contributed by atoms with Crippen LogP contribution in [0.4, 0.5) is 5.69 Å². The molecule has 0 aliphatic carbocycles. The highest BCUT2D eigenvalue weighted by molar-refractivity contribution is 7.89. The number of hydrogen-bond acceptors (Lipinski definition) is 4. The summed E-state index contributed by atoms with van der Waals surface area (Å²) in [6, 6.07) is 6.47. The third kappa shape index (κ3) is 5.27. The molecule has 106 valence electrons. The first-order valence-electron chi connectivity index (χ1n) is 5.94. The lowest BCUT2D eigenvalue weighted by molar-refractivity contribution is 0.0957. The second kappa shape index (κ2) is 6.53. The molecule has 4 N–H and O–H groups in total. The summed E-state index contributed by atoms with van der Waals surface area (Å²) in [4.78, 5) is 11.8. The van der Waals surface area contributed by atoms with Crippen LogP contribution < -0.4 is 15.8 Å². The second-order valence-electron chi connectivity index (χ2n) is 4.43. The number of carbonyl (C=O) groups excluding carboxylic acids is 1. The van der Waals surface area contributed by atoms with Crippen molar-refractivity contribution in [1.82, 2.24) is 10.0 Å². The highest BCUT2D eigenvalue weighted by atomic mass is 32.2. The molecule has 6 nitrogen and oxygen atoms in total. The zero-order chi connectivity index (χ0) is 14.5. The molecule has 0 aromatic heterocycles. The standard InChI is InChI=1S/C12H19N3O3S/c1-9(2)15-19(17,18)8-7-14-12(16)10-5-3-4-6-11(10)13/h3-6,9,15H,7-8,13H2,1-2H3,(H,14,16). The van der Waals surface area contributed by atoms with E-state index in [0.29, 0.717) is 11.3 Å². The van der Waals surface area contributed by atoms with Crippen molar-refractivity contribution < 1.29 is 13.2 Å². The number of benzene rings is 1. The summed E-state index contributed by atoms with van der Waals surface area (Å²) in [5, 5.41) is 2.53. The summed E-state index contributed by atoms with van der Waals surface area (Å²) in [6.45, 7) is 3.51. The van der Waals surface area contributed by atoms with Crippen molar-refractivity contribution in [2.45, 2.75) is 19.9 Å². The highest BCUT2D eigenvalue weighted by Gasteiger charge is 2.13. The van der Waals surface area contributed by atoms with Gasteiger partial charge in [-0.15, -0.1) is 0 Å². The van der Waals surface area contributed by atoms with Crippen LogP contribution in [0.5, 0.6) is 0 Å². The molecule has 7 heteroatoms. The van der Waals surface area contributed by atoms with Gasteiger partial charge in [-0.3, -0.25) is 4.79 Å². The Balaban J connectivity index is 2.51. The molecule has 0 bridgehead atoms. The molecular weight excluding hydrogens is 266 g/mol. The zero-order valence-corrected chi connectivity index (χ0v) is 11.8. The number of anilines is 1. The number of nitrogen functional groups attached to an aromatic ring is 1. The first kappa shape index (κ1) is 15.5. The molecule has 0 spiro atoms. The number of sulfonamides is 1. The predicted molar refractivity (Wildman–Crippen MR) is 75.2 cm³/mol. The van der Waals surface area contributed by atoms with Crippen LogP contribution in [0.25, 0.3) is 0 Å². The molecule has 0 fully saturated rings. The number of nitrogens with one attached hydrogen (secondary N) is 2. The van der Waals surface area contributed by atoms with Gasteiger partial charge in [0.1, 0.15) is 0 Å². The van der Waals surface area contributed by atoms with E-state index >= 15 is 0 Å². The molecule has 0 radical (unpaired) electrons. The summed E-state index contributed by atoms with van der Waals surface area (Å²) in [7, 11) is -3.36. The van der Waals surface area contributed by atoms with E-state index in [-0.39, 0.29) is 24.2 Å². The fraction of sp³-hybridized carbons (Fsp3) is 0.417. The Morgan fingerprint density at radius 2 is 1.95 bits per heavy atom. The molecule has 1 aromatic carbocycles. The number of hydrogen-bond donors (Lipinski definition) is 3. The van der Waals surface area contributed by atoms with Gasteiger partial charge in [0, 0.05) is 18.3 Å². The fourth-order valence-electron chi connectivity index (χ4n) is 1.52. The van der Waals surface area contributed by atoms with Crippen LogP contribution in [0.1, 0.15) is 24.2 Å². The molecule has 0 saturated heterocycles. The van der Waals surface area contributed by atoms with Gasteiger partial charge in [0.2, 0.25) is 10.0 Å². The van der Waals surface area contributed by atoms with Gasteiger partial charge in [-0.2, -0.15) is 0 Å². The van der Waals surface area contributed by atoms with E-state index in [0.717, 1.165) is 0 Å². The zero-order valence-electron chi connectivity index (χ0n) is 11.0. The van der Waals surface area contributed by atoms with Crippen molar-refractivity contribution in [1.29, 1.82) is 0 Å². The maximum atomic E-state index is 11.8. The monoisotopic (exact) mass is 285 g/mol. The van der Waals surface area contributed by atoms with Crippen LogP contribution >= 0.6 is 0 Å². The molecule has 0 unspecified atom stereocenters. The lowest BCUT2D eigenvalue weighted by atomic mass is 10.2. The minimum absolute atomic E-state index is 0.0369. The highest BCUT2D eigenvalue weighted by Crippen LogP contribution is 2.09. The van der Waals surface area contributed by atoms with Gasteiger partial charge in [-0.25, -0.2) is 13.1 Å². The first-order valence-corrected chi connectivity index (χ1v) is 7.60. The summed E-state index contributed by atoms with van der Waals surface area (Å²) < 4.78 is 25.5. The molecular formula is C12H19N3O3S. The van der Waals surface area contributed by atoms with Crippen molar-refractivity contribution >= 4 is 21.6 Å². The van der Waals surface area contributed by atoms with Crippen molar-refractivity contribution in [3.63, 3.8) is 0 Å². The molecule has 1 amide bonds. The smallest absolute Gasteiger partial charge is 0.253 e. The Bertz CT molecular complexity index is 541. The Kier molecular flexibility index (Phi) is 5.31. The Morgan fingerprint density at radius 1 is 1.32 bits per heavy atom. The molecule has 0 aliphatic heterocycles. The number of para-hydroxylation sites is 1. The molecule has 0 heterocycles. The number of nitrogens with two attached hydrogens (primary N) is 1. The van der Waals surface area contributed by atoms with E-state index in [4.69, 9.17) is 5.73 Å². The summed E-state index contributed by atoms with van der Waals surface area (Å²) >= 11 is 0. The van der Waals surface area contributed by atoms with E-state index in [1.54, 1.807) is 38.1 Å². The molecule has 0 atom stereocenters. The van der Waals surface area contributed by atoms with Gasteiger partial charge in [0.25, 0.3) is 5.91 Å². The van der Waals surface area contributed by atoms with E-state index in [1.807, 2.05) is 0 Å². The van der Waals surface area contributed by atoms with E-state index in [2.05, 4.69) is 10.0 Å². The summed E-state index contributed by atoms with van der Waals surface area (Å²) in [5.41, 5.74) is 6.36. The van der Waals surface area contributed by atoms with Crippen molar-refractivity contribution in [2.75, 3.05) is 18.0 Å². The van der Waals surface area contributed by atoms with Crippen LogP contribution in [0, 0.1) is 0 Å². The Labute approximate surface area is 113 Å². The predicted octanol–water partition coefficient (Wildman–Crippen LogP) is 0.326. The van der Waals surface area contributed by atoms with Crippen LogP contribution in [-0.4, -0.2) is 32.7 Å². The SMILES string of the molecule is CC(C)NS(=O)(=O)CCNC(=O)c1ccccc1N. The normalized spacial score (nSPS) is 11.5. The van der Waals surface area contributed by atoms with Gasteiger partial charge in [0.15, 0.2) is 0 Å². The van der Waals surface area contributed by atoms with E-state index < -0.39 is 10.0 Å². The number of amides is 1. The van der Waals surface area contributed by atoms with Crippen molar-refractivity contribution in [2.24, 2.45) is 0 Å². The largest absolute Gasteiger partial charge is 0.398 e. The minimum atomic E-state index is -3.36. The van der Waals surface area contributed by atoms with Gasteiger partial charge in [-0.05, 0) is 26.0 Å². The minimum Gasteiger partial charge on any atom is -0.398 e. The van der Waals surface area contributed by atoms with Crippen molar-refractivity contribution in [3.05, 3.63) is 29.8 Å². The van der Waals surface area contributed by atoms with Crippen LogP contribution in [-0.2, 0) is 10.0 Å². The third-order valence-corrected chi connectivity index (χ3v) is 3.85. The maximum Gasteiger partial charge on any atom is 0.253 e.